The smallest absolute Gasteiger partial charge is 0.339 e. The fraction of sp³-hybridized carbons (Fsp3) is 0.0435. The van der Waals surface area contributed by atoms with Crippen LogP contribution in [0.15, 0.2) is 77.2 Å². The lowest BCUT2D eigenvalue weighted by atomic mass is 10.1. The summed E-state index contributed by atoms with van der Waals surface area (Å²) < 4.78 is 30.0. The third kappa shape index (κ3) is 5.89. The molecular formula is C23H16Cl2N2O4S. The van der Waals surface area contributed by atoms with Crippen LogP contribution in [0.3, 0.4) is 0 Å². The summed E-state index contributed by atoms with van der Waals surface area (Å²) in [5, 5.41) is 12.4. The summed E-state index contributed by atoms with van der Waals surface area (Å²) in [5.74, 6) is -0.679. The second kappa shape index (κ2) is 9.88. The van der Waals surface area contributed by atoms with Crippen LogP contribution in [0.1, 0.15) is 11.1 Å². The normalized spacial score (nSPS) is 11.5. The van der Waals surface area contributed by atoms with E-state index in [0.29, 0.717) is 16.3 Å². The summed E-state index contributed by atoms with van der Waals surface area (Å²) in [5.41, 5.74) is 1.79. The van der Waals surface area contributed by atoms with Crippen LogP contribution in [0.2, 0.25) is 10.0 Å². The number of aryl methyl sites for hydroxylation is 1. The molecule has 0 aliphatic rings. The molecule has 3 rings (SSSR count). The summed E-state index contributed by atoms with van der Waals surface area (Å²) in [7, 11) is -4.12. The van der Waals surface area contributed by atoms with Crippen LogP contribution in [-0.2, 0) is 14.9 Å². The Morgan fingerprint density at radius 3 is 2.41 bits per heavy atom. The minimum absolute atomic E-state index is 0.00679. The number of carbonyl (C=O) groups is 1. The molecule has 1 amide bonds. The third-order valence-electron chi connectivity index (χ3n) is 4.21. The average Bonchev–Trinajstić information content (AvgIpc) is 2.74. The van der Waals surface area contributed by atoms with E-state index in [4.69, 9.17) is 27.4 Å². The Balaban J connectivity index is 1.80. The molecule has 0 bridgehead atoms. The van der Waals surface area contributed by atoms with E-state index in [1.54, 1.807) is 18.2 Å². The highest BCUT2D eigenvalue weighted by Gasteiger charge is 2.18. The van der Waals surface area contributed by atoms with E-state index in [9.17, 15) is 18.5 Å². The molecule has 3 aromatic rings. The van der Waals surface area contributed by atoms with Crippen LogP contribution < -0.4 is 9.50 Å². The van der Waals surface area contributed by atoms with Crippen LogP contribution in [0.25, 0.3) is 6.08 Å². The zero-order valence-corrected chi connectivity index (χ0v) is 19.0. The molecule has 0 unspecified atom stereocenters. The average molecular weight is 487 g/mol. The van der Waals surface area contributed by atoms with Gasteiger partial charge in [0.05, 0.1) is 5.02 Å². The Bertz CT molecular complexity index is 1350. The van der Waals surface area contributed by atoms with E-state index in [-0.39, 0.29) is 21.2 Å². The lowest BCUT2D eigenvalue weighted by Gasteiger charge is -2.09. The number of hydrogen-bond acceptors (Lipinski definition) is 5. The second-order valence-electron chi connectivity index (χ2n) is 6.67. The van der Waals surface area contributed by atoms with Crippen LogP contribution >= 0.6 is 23.2 Å². The maximum absolute atomic E-state index is 12.4. The van der Waals surface area contributed by atoms with Gasteiger partial charge in [0.25, 0.3) is 5.91 Å². The Kier molecular flexibility index (Phi) is 7.21. The maximum Gasteiger partial charge on any atom is 0.339 e. The Morgan fingerprint density at radius 2 is 1.78 bits per heavy atom. The van der Waals surface area contributed by atoms with Crippen molar-refractivity contribution in [2.75, 3.05) is 5.32 Å². The first-order valence-electron chi connectivity index (χ1n) is 9.17. The standard InChI is InChI=1S/C23H16Cl2N2O4S/c1-15-3-2-4-19(11-15)27-23(28)17(14-26)12-16-5-10-22(21(25)13-16)31-32(29,30)20-8-6-18(24)7-9-20/h2-13H,1H3,(H,27,28)/b17-12+. The first kappa shape index (κ1) is 23.4. The number of nitrogens with one attached hydrogen (secondary N) is 1. The molecule has 0 heterocycles. The minimum atomic E-state index is -4.12. The highest BCUT2D eigenvalue weighted by molar-refractivity contribution is 7.87. The number of amides is 1. The highest BCUT2D eigenvalue weighted by Crippen LogP contribution is 2.29. The molecule has 0 fully saturated rings. The van der Waals surface area contributed by atoms with Gasteiger partial charge in [-0.1, -0.05) is 41.4 Å². The molecule has 0 saturated carbocycles. The van der Waals surface area contributed by atoms with Crippen molar-refractivity contribution < 1.29 is 17.4 Å². The van der Waals surface area contributed by atoms with Gasteiger partial charge in [0.2, 0.25) is 0 Å². The van der Waals surface area contributed by atoms with Gasteiger partial charge in [-0.3, -0.25) is 4.79 Å². The van der Waals surface area contributed by atoms with E-state index in [2.05, 4.69) is 5.32 Å². The fourth-order valence-electron chi connectivity index (χ4n) is 2.68. The largest absolute Gasteiger partial charge is 0.377 e. The molecule has 6 nitrogen and oxygen atoms in total. The SMILES string of the molecule is Cc1cccc(NC(=O)/C(C#N)=C/c2ccc(OS(=O)(=O)c3ccc(Cl)cc3)c(Cl)c2)c1. The molecule has 0 atom stereocenters. The monoisotopic (exact) mass is 486 g/mol. The Labute approximate surface area is 195 Å². The van der Waals surface area contributed by atoms with Crippen molar-refractivity contribution in [3.63, 3.8) is 0 Å². The van der Waals surface area contributed by atoms with Crippen molar-refractivity contribution in [2.24, 2.45) is 0 Å². The topological polar surface area (TPSA) is 96.3 Å². The van der Waals surface area contributed by atoms with Crippen LogP contribution in [0.4, 0.5) is 5.69 Å². The molecule has 9 heteroatoms. The predicted molar refractivity (Wildman–Crippen MR) is 124 cm³/mol. The zero-order valence-electron chi connectivity index (χ0n) is 16.7. The minimum Gasteiger partial charge on any atom is -0.377 e. The van der Waals surface area contributed by atoms with Crippen LogP contribution in [-0.4, -0.2) is 14.3 Å². The van der Waals surface area contributed by atoms with Gasteiger partial charge in [-0.15, -0.1) is 0 Å². The number of nitriles is 1. The number of halogens is 2. The molecule has 0 aromatic heterocycles. The Hall–Kier alpha value is -3.31. The van der Waals surface area contributed by atoms with Gasteiger partial charge in [-0.2, -0.15) is 13.7 Å². The first-order chi connectivity index (χ1) is 15.2. The van der Waals surface area contributed by atoms with Crippen molar-refractivity contribution in [1.29, 1.82) is 5.26 Å². The molecule has 0 saturated heterocycles. The van der Waals surface area contributed by atoms with Crippen molar-refractivity contribution in [3.8, 4) is 11.8 Å². The maximum atomic E-state index is 12.4. The lowest BCUT2D eigenvalue weighted by molar-refractivity contribution is -0.112. The highest BCUT2D eigenvalue weighted by atomic mass is 35.5. The summed E-state index contributed by atoms with van der Waals surface area (Å²) in [6.45, 7) is 1.88. The summed E-state index contributed by atoms with van der Waals surface area (Å²) >= 11 is 12.0. The van der Waals surface area contributed by atoms with Gasteiger partial charge >= 0.3 is 10.1 Å². The van der Waals surface area contributed by atoms with E-state index in [1.165, 1.54) is 48.5 Å². The van der Waals surface area contributed by atoms with Crippen molar-refractivity contribution in [2.45, 2.75) is 11.8 Å². The molecular weight excluding hydrogens is 471 g/mol. The second-order valence-corrected chi connectivity index (χ2v) is 9.06. The number of nitrogens with zero attached hydrogens (tertiary/aromatic N) is 1. The van der Waals surface area contributed by atoms with Gasteiger partial charge in [0, 0.05) is 10.7 Å². The molecule has 162 valence electrons. The first-order valence-corrected chi connectivity index (χ1v) is 11.3. The van der Waals surface area contributed by atoms with E-state index >= 15 is 0 Å². The van der Waals surface area contributed by atoms with Crippen LogP contribution in [0, 0.1) is 18.3 Å². The van der Waals surface area contributed by atoms with E-state index in [0.717, 1.165) is 5.56 Å². The lowest BCUT2D eigenvalue weighted by Crippen LogP contribution is -2.13. The van der Waals surface area contributed by atoms with E-state index < -0.39 is 16.0 Å². The number of hydrogen-bond donors (Lipinski definition) is 1. The molecule has 3 aromatic carbocycles. The predicted octanol–water partition coefficient (Wildman–Crippen LogP) is 5.62. The third-order valence-corrected chi connectivity index (χ3v) is 6.01. The van der Waals surface area contributed by atoms with Gasteiger partial charge in [0.1, 0.15) is 16.5 Å². The number of carbonyl (C=O) groups excluding carboxylic acids is 1. The van der Waals surface area contributed by atoms with Crippen LogP contribution in [0.5, 0.6) is 5.75 Å². The molecule has 1 N–H and O–H groups in total. The van der Waals surface area contributed by atoms with Gasteiger partial charge in [-0.25, -0.2) is 0 Å². The van der Waals surface area contributed by atoms with Crippen molar-refractivity contribution in [1.82, 2.24) is 0 Å². The fourth-order valence-corrected chi connectivity index (χ4v) is 4.03. The molecule has 32 heavy (non-hydrogen) atoms. The quantitative estimate of drug-likeness (QED) is 0.277. The van der Waals surface area contributed by atoms with Crippen molar-refractivity contribution >= 4 is 51.0 Å². The molecule has 0 spiro atoms. The number of benzene rings is 3. The molecule has 0 aliphatic carbocycles. The van der Waals surface area contributed by atoms with Gasteiger partial charge < -0.3 is 9.50 Å². The summed E-state index contributed by atoms with van der Waals surface area (Å²) in [4.78, 5) is 12.3. The zero-order chi connectivity index (χ0) is 23.3. The van der Waals surface area contributed by atoms with E-state index in [1.807, 2.05) is 19.1 Å². The summed E-state index contributed by atoms with van der Waals surface area (Å²) in [6.07, 6.45) is 1.34. The molecule has 0 aliphatic heterocycles. The van der Waals surface area contributed by atoms with Crippen molar-refractivity contribution in [3.05, 3.63) is 93.5 Å². The number of rotatable bonds is 6. The number of anilines is 1. The summed E-state index contributed by atoms with van der Waals surface area (Å²) in [6, 6.07) is 18.7. The molecule has 0 radical (unpaired) electrons. The Morgan fingerprint density at radius 1 is 1.06 bits per heavy atom. The van der Waals surface area contributed by atoms with Gasteiger partial charge in [-0.05, 0) is 72.7 Å². The van der Waals surface area contributed by atoms with Gasteiger partial charge in [0.15, 0.2) is 5.75 Å².